The van der Waals surface area contributed by atoms with Crippen LogP contribution in [0.3, 0.4) is 0 Å². The van der Waals surface area contributed by atoms with Gasteiger partial charge in [0.2, 0.25) is 5.95 Å². The molecule has 0 saturated carbocycles. The van der Waals surface area contributed by atoms with Crippen LogP contribution in [0.2, 0.25) is 0 Å². The number of hydrogen-bond acceptors (Lipinski definition) is 3. The minimum absolute atomic E-state index is 0.669. The van der Waals surface area contributed by atoms with Crippen molar-refractivity contribution in [2.75, 3.05) is 0 Å². The van der Waals surface area contributed by atoms with Crippen molar-refractivity contribution in [2.45, 2.75) is 0 Å². The van der Waals surface area contributed by atoms with Crippen molar-refractivity contribution in [2.24, 2.45) is 0 Å². The second kappa shape index (κ2) is 10.1. The van der Waals surface area contributed by atoms with Gasteiger partial charge in [-0.1, -0.05) is 115 Å². The molecule has 4 heterocycles. The van der Waals surface area contributed by atoms with Crippen LogP contribution >= 0.6 is 11.3 Å². The van der Waals surface area contributed by atoms with Crippen LogP contribution in [0.4, 0.5) is 0 Å². The van der Waals surface area contributed by atoms with E-state index in [0.29, 0.717) is 5.95 Å². The van der Waals surface area contributed by atoms with Gasteiger partial charge < -0.3 is 4.57 Å². The molecule has 11 rings (SSSR count). The van der Waals surface area contributed by atoms with Crippen molar-refractivity contribution in [1.82, 2.24) is 19.1 Å². The van der Waals surface area contributed by atoms with Crippen LogP contribution < -0.4 is 0 Å². The molecule has 0 bridgehead atoms. The summed E-state index contributed by atoms with van der Waals surface area (Å²) in [4.78, 5) is 10.9. The van der Waals surface area contributed by atoms with Crippen LogP contribution in [0.1, 0.15) is 0 Å². The number of fused-ring (bicyclic) bond motifs is 11. The zero-order valence-corrected chi connectivity index (χ0v) is 27.0. The van der Waals surface area contributed by atoms with E-state index >= 15 is 0 Å². The highest BCUT2D eigenvalue weighted by Crippen LogP contribution is 2.44. The normalized spacial score (nSPS) is 12.1. The van der Waals surface area contributed by atoms with E-state index in [0.717, 1.165) is 44.4 Å². The fraction of sp³-hybridized carbons (Fsp3) is 0. The predicted octanol–water partition coefficient (Wildman–Crippen LogP) is 11.9. The first-order valence-electron chi connectivity index (χ1n) is 16.5. The van der Waals surface area contributed by atoms with Crippen LogP contribution in [0, 0.1) is 0 Å². The fourth-order valence-electron chi connectivity index (χ4n) is 7.87. The molecule has 0 fully saturated rings. The Morgan fingerprint density at radius 3 is 1.96 bits per heavy atom. The van der Waals surface area contributed by atoms with Crippen LogP contribution in [0.5, 0.6) is 0 Å². The van der Waals surface area contributed by atoms with Gasteiger partial charge in [0, 0.05) is 58.4 Å². The van der Waals surface area contributed by atoms with Crippen LogP contribution in [0.15, 0.2) is 158 Å². The van der Waals surface area contributed by atoms with E-state index in [1.807, 2.05) is 11.3 Å². The molecule has 11 aromatic rings. The predicted molar refractivity (Wildman–Crippen MR) is 207 cm³/mol. The molecular formula is C44H26N4S. The number of rotatable bonds is 3. The average Bonchev–Trinajstić information content (AvgIpc) is 3.82. The number of para-hydroxylation sites is 4. The van der Waals surface area contributed by atoms with Crippen molar-refractivity contribution in [3.63, 3.8) is 0 Å². The number of aromatic nitrogens is 4. The highest BCUT2D eigenvalue weighted by molar-refractivity contribution is 7.26. The summed E-state index contributed by atoms with van der Waals surface area (Å²) in [5.74, 6) is 0.669. The van der Waals surface area contributed by atoms with Gasteiger partial charge in [0.1, 0.15) is 0 Å². The lowest BCUT2D eigenvalue weighted by Gasteiger charge is -2.13. The molecule has 0 radical (unpaired) electrons. The van der Waals surface area contributed by atoms with Crippen molar-refractivity contribution >= 4 is 86.0 Å². The lowest BCUT2D eigenvalue weighted by Crippen LogP contribution is -2.03. The maximum atomic E-state index is 5.54. The number of thiophene rings is 1. The van der Waals surface area contributed by atoms with Crippen molar-refractivity contribution in [3.8, 4) is 22.9 Å². The third kappa shape index (κ3) is 3.73. The fourth-order valence-corrected chi connectivity index (χ4v) is 9.09. The molecule has 0 aliphatic heterocycles. The first kappa shape index (κ1) is 26.7. The van der Waals surface area contributed by atoms with Gasteiger partial charge >= 0.3 is 0 Å². The van der Waals surface area contributed by atoms with Gasteiger partial charge in [0.05, 0.1) is 33.3 Å². The molecule has 5 heteroatoms. The molecule has 0 N–H and O–H groups in total. The summed E-state index contributed by atoms with van der Waals surface area (Å²) in [6, 6.07) is 56.3. The van der Waals surface area contributed by atoms with Crippen molar-refractivity contribution < 1.29 is 0 Å². The zero-order chi connectivity index (χ0) is 32.1. The Morgan fingerprint density at radius 2 is 1.10 bits per heavy atom. The van der Waals surface area contributed by atoms with E-state index in [9.17, 15) is 0 Å². The van der Waals surface area contributed by atoms with Crippen LogP contribution in [-0.2, 0) is 0 Å². The first-order valence-corrected chi connectivity index (χ1v) is 17.3. The molecule has 4 nitrogen and oxygen atoms in total. The van der Waals surface area contributed by atoms with Gasteiger partial charge in [0.25, 0.3) is 0 Å². The SMILES string of the molecule is c1ccc(-n2c3ccccc3c3c2ccc2c4ccccc4n(-c4nc(-c5cccc6c5sc5ccccc56)c5ccccc5n4)c23)cc1. The maximum Gasteiger partial charge on any atom is 0.235 e. The van der Waals surface area contributed by atoms with Gasteiger partial charge in [-0.25, -0.2) is 9.97 Å². The summed E-state index contributed by atoms with van der Waals surface area (Å²) in [5.41, 5.74) is 8.66. The Morgan fingerprint density at radius 1 is 0.429 bits per heavy atom. The van der Waals surface area contributed by atoms with Crippen LogP contribution in [0.25, 0.3) is 97.6 Å². The van der Waals surface area contributed by atoms with Crippen LogP contribution in [-0.4, -0.2) is 19.1 Å². The van der Waals surface area contributed by atoms with Crippen molar-refractivity contribution in [1.29, 1.82) is 0 Å². The molecule has 7 aromatic carbocycles. The molecule has 0 amide bonds. The van der Waals surface area contributed by atoms with Crippen molar-refractivity contribution in [3.05, 3.63) is 158 Å². The van der Waals surface area contributed by atoms with E-state index < -0.39 is 0 Å². The van der Waals surface area contributed by atoms with E-state index in [2.05, 4.69) is 167 Å². The molecule has 0 saturated heterocycles. The maximum absolute atomic E-state index is 5.54. The second-order valence-corrected chi connectivity index (χ2v) is 13.6. The third-order valence-electron chi connectivity index (χ3n) is 9.94. The van der Waals surface area contributed by atoms with Gasteiger partial charge in [0.15, 0.2) is 0 Å². The highest BCUT2D eigenvalue weighted by atomic mass is 32.1. The minimum atomic E-state index is 0.669. The molecule has 228 valence electrons. The summed E-state index contributed by atoms with van der Waals surface area (Å²) in [6.45, 7) is 0. The monoisotopic (exact) mass is 642 g/mol. The molecule has 0 aliphatic rings. The Bertz CT molecular complexity index is 3110. The highest BCUT2D eigenvalue weighted by Gasteiger charge is 2.23. The molecule has 4 aromatic heterocycles. The molecular weight excluding hydrogens is 617 g/mol. The molecule has 0 unspecified atom stereocenters. The lowest BCUT2D eigenvalue weighted by atomic mass is 10.0. The molecule has 0 atom stereocenters. The largest absolute Gasteiger partial charge is 0.309 e. The van der Waals surface area contributed by atoms with Gasteiger partial charge in [-0.15, -0.1) is 11.3 Å². The smallest absolute Gasteiger partial charge is 0.235 e. The lowest BCUT2D eigenvalue weighted by molar-refractivity contribution is 1.02. The average molecular weight is 643 g/mol. The van der Waals surface area contributed by atoms with Gasteiger partial charge in [-0.05, 0) is 42.5 Å². The molecule has 49 heavy (non-hydrogen) atoms. The number of nitrogens with zero attached hydrogens (tertiary/aromatic N) is 4. The van der Waals surface area contributed by atoms with Gasteiger partial charge in [-0.3, -0.25) is 4.57 Å². The topological polar surface area (TPSA) is 35.6 Å². The summed E-state index contributed by atoms with van der Waals surface area (Å²) in [5, 5.41) is 8.34. The Kier molecular flexibility index (Phi) is 5.51. The summed E-state index contributed by atoms with van der Waals surface area (Å²) in [6.07, 6.45) is 0. The third-order valence-corrected chi connectivity index (χ3v) is 11.2. The second-order valence-electron chi connectivity index (χ2n) is 12.6. The summed E-state index contributed by atoms with van der Waals surface area (Å²) < 4.78 is 7.20. The van der Waals surface area contributed by atoms with E-state index in [-0.39, 0.29) is 0 Å². The Labute approximate surface area is 284 Å². The standard InChI is InChI=1S/C44H26N4S/c1-2-13-27(14-3-1)47-37-23-10-6-18-33(37)40-38(47)26-25-30-28-15-5-9-22-36(28)48(42(30)40)44-45-35-21-8-4-17-32(35)41(46-44)34-20-12-19-31-29-16-7-11-24-39(29)49-43(31)34/h1-26H. The first-order chi connectivity index (χ1) is 24.3. The summed E-state index contributed by atoms with van der Waals surface area (Å²) >= 11 is 1.83. The molecule has 0 aliphatic carbocycles. The van der Waals surface area contributed by atoms with E-state index in [1.54, 1.807) is 0 Å². The molecule has 0 spiro atoms. The Hall–Kier alpha value is -6.30. The minimum Gasteiger partial charge on any atom is -0.309 e. The zero-order valence-electron chi connectivity index (χ0n) is 26.2. The van der Waals surface area contributed by atoms with E-state index in [1.165, 1.54) is 47.2 Å². The quantitative estimate of drug-likeness (QED) is 0.192. The number of benzene rings is 7. The van der Waals surface area contributed by atoms with Gasteiger partial charge in [-0.2, -0.15) is 0 Å². The summed E-state index contributed by atoms with van der Waals surface area (Å²) in [7, 11) is 0. The number of hydrogen-bond donors (Lipinski definition) is 0. The van der Waals surface area contributed by atoms with E-state index in [4.69, 9.17) is 9.97 Å². The Balaban J connectivity index is 1.30.